The SMILES string of the molecule is CC(C)(C)c1ccc2c(c1)C(CCN)c1cccnc1-2. The summed E-state index contributed by atoms with van der Waals surface area (Å²) in [6, 6.07) is 11.1. The Labute approximate surface area is 121 Å². The summed E-state index contributed by atoms with van der Waals surface area (Å²) in [6.07, 6.45) is 2.87. The lowest BCUT2D eigenvalue weighted by atomic mass is 9.83. The van der Waals surface area contributed by atoms with Crippen LogP contribution in [0.2, 0.25) is 0 Å². The molecule has 1 atom stereocenters. The third-order valence-electron chi connectivity index (χ3n) is 4.22. The van der Waals surface area contributed by atoms with E-state index in [0.717, 1.165) is 12.1 Å². The third kappa shape index (κ3) is 2.04. The minimum atomic E-state index is 0.171. The molecule has 0 aliphatic heterocycles. The molecule has 2 heteroatoms. The van der Waals surface area contributed by atoms with E-state index >= 15 is 0 Å². The standard InChI is InChI=1S/C18H22N2/c1-18(2,3)12-6-7-15-16(11-12)13(8-9-19)14-5-4-10-20-17(14)15/h4-7,10-11,13H,8-9,19H2,1-3H3. The summed E-state index contributed by atoms with van der Waals surface area (Å²) in [5.41, 5.74) is 12.5. The number of hydrogen-bond donors (Lipinski definition) is 1. The van der Waals surface area contributed by atoms with Crippen LogP contribution < -0.4 is 5.73 Å². The molecule has 0 saturated heterocycles. The van der Waals surface area contributed by atoms with Crippen LogP contribution in [0, 0.1) is 0 Å². The van der Waals surface area contributed by atoms with E-state index in [1.54, 1.807) is 0 Å². The van der Waals surface area contributed by atoms with E-state index < -0.39 is 0 Å². The molecule has 1 aliphatic rings. The molecule has 1 unspecified atom stereocenters. The van der Waals surface area contributed by atoms with Crippen LogP contribution in [0.3, 0.4) is 0 Å². The number of aromatic nitrogens is 1. The topological polar surface area (TPSA) is 38.9 Å². The monoisotopic (exact) mass is 266 g/mol. The van der Waals surface area contributed by atoms with Crippen LogP contribution >= 0.6 is 0 Å². The maximum atomic E-state index is 5.83. The average Bonchev–Trinajstić information content (AvgIpc) is 2.73. The van der Waals surface area contributed by atoms with Crippen LogP contribution in [-0.2, 0) is 5.41 Å². The predicted molar refractivity (Wildman–Crippen MR) is 83.9 cm³/mol. The van der Waals surface area contributed by atoms with Gasteiger partial charge < -0.3 is 5.73 Å². The van der Waals surface area contributed by atoms with E-state index in [1.807, 2.05) is 12.3 Å². The Balaban J connectivity index is 2.17. The molecule has 0 bridgehead atoms. The van der Waals surface area contributed by atoms with Crippen molar-refractivity contribution in [2.45, 2.75) is 38.5 Å². The van der Waals surface area contributed by atoms with Crippen LogP contribution in [0.25, 0.3) is 11.3 Å². The van der Waals surface area contributed by atoms with Gasteiger partial charge in [-0.3, -0.25) is 4.98 Å². The molecule has 0 saturated carbocycles. The Hall–Kier alpha value is -1.67. The molecule has 2 N–H and O–H groups in total. The number of benzene rings is 1. The van der Waals surface area contributed by atoms with Gasteiger partial charge in [-0.15, -0.1) is 0 Å². The fourth-order valence-electron chi connectivity index (χ4n) is 3.10. The average molecular weight is 266 g/mol. The molecular weight excluding hydrogens is 244 g/mol. The highest BCUT2D eigenvalue weighted by Gasteiger charge is 2.30. The molecule has 0 amide bonds. The zero-order chi connectivity index (χ0) is 14.3. The number of nitrogens with two attached hydrogens (primary N) is 1. The smallest absolute Gasteiger partial charge is 0.0743 e. The number of hydrogen-bond acceptors (Lipinski definition) is 2. The van der Waals surface area contributed by atoms with E-state index in [9.17, 15) is 0 Å². The molecule has 3 rings (SSSR count). The van der Waals surface area contributed by atoms with Crippen LogP contribution in [0.15, 0.2) is 36.5 Å². The first kappa shape index (κ1) is 13.3. The van der Waals surface area contributed by atoms with E-state index in [4.69, 9.17) is 5.73 Å². The molecule has 0 spiro atoms. The molecule has 20 heavy (non-hydrogen) atoms. The molecule has 104 valence electrons. The van der Waals surface area contributed by atoms with Crippen molar-refractivity contribution < 1.29 is 0 Å². The molecule has 2 nitrogen and oxygen atoms in total. The summed E-state index contributed by atoms with van der Waals surface area (Å²) < 4.78 is 0. The van der Waals surface area contributed by atoms with Crippen molar-refractivity contribution in [2.75, 3.05) is 6.54 Å². The highest BCUT2D eigenvalue weighted by molar-refractivity contribution is 5.76. The van der Waals surface area contributed by atoms with Crippen LogP contribution in [0.5, 0.6) is 0 Å². The van der Waals surface area contributed by atoms with Crippen molar-refractivity contribution >= 4 is 0 Å². The zero-order valence-electron chi connectivity index (χ0n) is 12.5. The van der Waals surface area contributed by atoms with Crippen molar-refractivity contribution in [3.63, 3.8) is 0 Å². The van der Waals surface area contributed by atoms with E-state index in [0.29, 0.717) is 12.5 Å². The Morgan fingerprint density at radius 1 is 1.15 bits per heavy atom. The van der Waals surface area contributed by atoms with Gasteiger partial charge in [0.15, 0.2) is 0 Å². The van der Waals surface area contributed by atoms with Gasteiger partial charge in [0, 0.05) is 17.7 Å². The van der Waals surface area contributed by atoms with Crippen LogP contribution in [0.1, 0.15) is 49.8 Å². The van der Waals surface area contributed by atoms with Gasteiger partial charge in [0.1, 0.15) is 0 Å². The minimum absolute atomic E-state index is 0.171. The first-order chi connectivity index (χ1) is 9.52. The molecular formula is C18H22N2. The van der Waals surface area contributed by atoms with Crippen molar-refractivity contribution in [3.05, 3.63) is 53.2 Å². The lowest BCUT2D eigenvalue weighted by Gasteiger charge is -2.21. The minimum Gasteiger partial charge on any atom is -0.330 e. The first-order valence-electron chi connectivity index (χ1n) is 7.32. The summed E-state index contributed by atoms with van der Waals surface area (Å²) in [5.74, 6) is 0.404. The van der Waals surface area contributed by atoms with Gasteiger partial charge in [0.2, 0.25) is 0 Å². The van der Waals surface area contributed by atoms with Gasteiger partial charge in [0.25, 0.3) is 0 Å². The fraction of sp³-hybridized carbons (Fsp3) is 0.389. The highest BCUT2D eigenvalue weighted by atomic mass is 14.7. The number of rotatable bonds is 2. The van der Waals surface area contributed by atoms with Crippen LogP contribution in [-0.4, -0.2) is 11.5 Å². The maximum Gasteiger partial charge on any atom is 0.0743 e. The van der Waals surface area contributed by atoms with Crippen molar-refractivity contribution in [1.29, 1.82) is 0 Å². The summed E-state index contributed by atoms with van der Waals surface area (Å²) >= 11 is 0. The second-order valence-corrected chi connectivity index (χ2v) is 6.62. The normalized spacial score (nSPS) is 16.9. The molecule has 1 aromatic carbocycles. The van der Waals surface area contributed by atoms with Crippen LogP contribution in [0.4, 0.5) is 0 Å². The van der Waals surface area contributed by atoms with Crippen molar-refractivity contribution in [3.8, 4) is 11.3 Å². The molecule has 1 heterocycles. The summed E-state index contributed by atoms with van der Waals surface area (Å²) in [5, 5.41) is 0. The zero-order valence-corrected chi connectivity index (χ0v) is 12.5. The molecule has 1 aliphatic carbocycles. The first-order valence-corrected chi connectivity index (χ1v) is 7.32. The maximum absolute atomic E-state index is 5.83. The fourth-order valence-corrected chi connectivity index (χ4v) is 3.10. The van der Waals surface area contributed by atoms with Gasteiger partial charge in [-0.05, 0) is 41.1 Å². The molecule has 1 aromatic heterocycles. The summed E-state index contributed by atoms with van der Waals surface area (Å²) in [6.45, 7) is 7.48. The molecule has 0 radical (unpaired) electrons. The van der Waals surface area contributed by atoms with Gasteiger partial charge in [0.05, 0.1) is 5.69 Å². The Bertz CT molecular complexity index is 638. The predicted octanol–water partition coefficient (Wildman–Crippen LogP) is 3.84. The van der Waals surface area contributed by atoms with E-state index in [1.165, 1.54) is 22.3 Å². The summed E-state index contributed by atoms with van der Waals surface area (Å²) in [4.78, 5) is 4.58. The quantitative estimate of drug-likeness (QED) is 0.897. The largest absolute Gasteiger partial charge is 0.330 e. The van der Waals surface area contributed by atoms with E-state index in [-0.39, 0.29) is 5.41 Å². The van der Waals surface area contributed by atoms with Gasteiger partial charge in [-0.2, -0.15) is 0 Å². The lowest BCUT2D eigenvalue weighted by molar-refractivity contribution is 0.588. The second kappa shape index (κ2) is 4.71. The Morgan fingerprint density at radius 3 is 2.65 bits per heavy atom. The molecule has 0 fully saturated rings. The lowest BCUT2D eigenvalue weighted by Crippen LogP contribution is -2.12. The van der Waals surface area contributed by atoms with Gasteiger partial charge >= 0.3 is 0 Å². The Morgan fingerprint density at radius 2 is 1.95 bits per heavy atom. The van der Waals surface area contributed by atoms with E-state index in [2.05, 4.69) is 50.0 Å². The second-order valence-electron chi connectivity index (χ2n) is 6.62. The van der Waals surface area contributed by atoms with Gasteiger partial charge in [-0.1, -0.05) is 45.0 Å². The van der Waals surface area contributed by atoms with Gasteiger partial charge in [-0.25, -0.2) is 0 Å². The number of pyridine rings is 1. The number of fused-ring (bicyclic) bond motifs is 3. The van der Waals surface area contributed by atoms with Crippen molar-refractivity contribution in [1.82, 2.24) is 4.98 Å². The third-order valence-corrected chi connectivity index (χ3v) is 4.22. The number of nitrogens with zero attached hydrogens (tertiary/aromatic N) is 1. The van der Waals surface area contributed by atoms with Crippen molar-refractivity contribution in [2.24, 2.45) is 5.73 Å². The summed E-state index contributed by atoms with van der Waals surface area (Å²) in [7, 11) is 0. The highest BCUT2D eigenvalue weighted by Crippen LogP contribution is 2.46. The molecule has 2 aromatic rings. The Kier molecular flexibility index (Phi) is 3.14.